The average molecular weight is 563 g/mol. The summed E-state index contributed by atoms with van der Waals surface area (Å²) in [5.41, 5.74) is -0.0445. The molecule has 1 N–H and O–H groups in total. The van der Waals surface area contributed by atoms with Gasteiger partial charge in [0.25, 0.3) is 0 Å². The first-order valence-electron chi connectivity index (χ1n) is 12.8. The molecule has 0 radical (unpaired) electrons. The van der Waals surface area contributed by atoms with Crippen molar-refractivity contribution in [2.75, 3.05) is 12.4 Å². The molecule has 1 aliphatic heterocycles. The van der Waals surface area contributed by atoms with Crippen molar-refractivity contribution in [1.29, 1.82) is 0 Å². The summed E-state index contributed by atoms with van der Waals surface area (Å²) in [7, 11) is 0. The Kier molecular flexibility index (Phi) is 10.5. The van der Waals surface area contributed by atoms with Crippen LogP contribution in [0.3, 0.4) is 0 Å². The number of rotatable bonds is 11. The number of hydrogen-bond donors (Lipinski definition) is 1. The van der Waals surface area contributed by atoms with Gasteiger partial charge in [0.05, 0.1) is 23.3 Å². The molecule has 1 fully saturated rings. The van der Waals surface area contributed by atoms with Crippen LogP contribution in [0.25, 0.3) is 0 Å². The van der Waals surface area contributed by atoms with Crippen molar-refractivity contribution in [3.8, 4) is 0 Å². The van der Waals surface area contributed by atoms with Crippen LogP contribution in [0.1, 0.15) is 37.5 Å². The molecule has 5 unspecified atom stereocenters. The number of thioether (sulfide) groups is 1. The van der Waals surface area contributed by atoms with E-state index in [-0.39, 0.29) is 16.7 Å². The second-order valence-electron chi connectivity index (χ2n) is 8.88. The van der Waals surface area contributed by atoms with E-state index < -0.39 is 54.4 Å². The molecule has 1 saturated heterocycles. The van der Waals surface area contributed by atoms with E-state index in [9.17, 15) is 19.5 Å². The first-order valence-corrected chi connectivity index (χ1v) is 13.8. The number of ether oxygens (including phenoxy) is 4. The van der Waals surface area contributed by atoms with Crippen LogP contribution in [-0.4, -0.2) is 65.2 Å². The number of esters is 3. The molecule has 0 amide bonds. The number of allylic oxidation sites excluding steroid dienone is 1. The fourth-order valence-electron chi connectivity index (χ4n) is 4.13. The highest BCUT2D eigenvalue weighted by Crippen LogP contribution is 2.35. The summed E-state index contributed by atoms with van der Waals surface area (Å²) >= 11 is 1.32. The van der Waals surface area contributed by atoms with Gasteiger partial charge in [0, 0.05) is 0 Å². The van der Waals surface area contributed by atoms with E-state index >= 15 is 0 Å². The monoisotopic (exact) mass is 562 g/mol. The minimum Gasteiger partial charge on any atom is -0.452 e. The molecule has 8 nitrogen and oxygen atoms in total. The highest BCUT2D eigenvalue weighted by atomic mass is 32.2. The summed E-state index contributed by atoms with van der Waals surface area (Å²) < 4.78 is 23.8. The van der Waals surface area contributed by atoms with Crippen LogP contribution in [0.2, 0.25) is 0 Å². The van der Waals surface area contributed by atoms with Gasteiger partial charge < -0.3 is 24.1 Å². The van der Waals surface area contributed by atoms with Gasteiger partial charge in [-0.25, -0.2) is 14.4 Å². The van der Waals surface area contributed by atoms with E-state index in [0.717, 1.165) is 0 Å². The minimum atomic E-state index is -1.29. The molecule has 5 atom stereocenters. The summed E-state index contributed by atoms with van der Waals surface area (Å²) in [6.45, 7) is 3.20. The molecule has 0 spiro atoms. The Morgan fingerprint density at radius 3 is 1.57 bits per heavy atom. The number of carbonyl (C=O) groups is 3. The number of benzene rings is 3. The topological polar surface area (TPSA) is 108 Å². The van der Waals surface area contributed by atoms with Gasteiger partial charge in [-0.05, 0) is 48.6 Å². The highest BCUT2D eigenvalue weighted by molar-refractivity contribution is 7.99. The summed E-state index contributed by atoms with van der Waals surface area (Å²) in [4.78, 5) is 39.5. The number of hydrogen-bond acceptors (Lipinski definition) is 9. The van der Waals surface area contributed by atoms with Gasteiger partial charge in [0.15, 0.2) is 18.3 Å². The Morgan fingerprint density at radius 1 is 0.725 bits per heavy atom. The maximum atomic E-state index is 13.3. The summed E-state index contributed by atoms with van der Waals surface area (Å²) in [5.74, 6) is -1.53. The minimum absolute atomic E-state index is 0.256. The third-order valence-electron chi connectivity index (χ3n) is 6.13. The maximum Gasteiger partial charge on any atom is 0.338 e. The molecule has 0 aromatic heterocycles. The Hall–Kier alpha value is -3.92. The SMILES string of the molecule is C=CCCSC1OC(CO)C(OC(=O)c2ccccc2)C(OC(=O)c2ccccc2)C1OC(=O)c1ccccc1. The van der Waals surface area contributed by atoms with Gasteiger partial charge in [-0.15, -0.1) is 18.3 Å². The van der Waals surface area contributed by atoms with Crippen LogP contribution in [0, 0.1) is 0 Å². The van der Waals surface area contributed by atoms with Gasteiger partial charge >= 0.3 is 17.9 Å². The van der Waals surface area contributed by atoms with Gasteiger partial charge in [-0.1, -0.05) is 60.7 Å². The Balaban J connectivity index is 1.71. The van der Waals surface area contributed by atoms with E-state index in [1.165, 1.54) is 11.8 Å². The smallest absolute Gasteiger partial charge is 0.338 e. The molecule has 0 bridgehead atoms. The number of carbonyl (C=O) groups excluding carboxylic acids is 3. The van der Waals surface area contributed by atoms with Crippen molar-refractivity contribution in [2.24, 2.45) is 0 Å². The first-order chi connectivity index (χ1) is 19.5. The molecule has 3 aromatic rings. The van der Waals surface area contributed by atoms with Crippen molar-refractivity contribution in [2.45, 2.75) is 36.3 Å². The van der Waals surface area contributed by atoms with Gasteiger partial charge in [0.1, 0.15) is 11.5 Å². The molecule has 4 rings (SSSR count). The third-order valence-corrected chi connectivity index (χ3v) is 7.31. The lowest BCUT2D eigenvalue weighted by atomic mass is 9.98. The predicted octanol–water partition coefficient (Wildman–Crippen LogP) is 4.69. The van der Waals surface area contributed by atoms with Crippen LogP contribution in [0.5, 0.6) is 0 Å². The van der Waals surface area contributed by atoms with Crippen LogP contribution in [0.15, 0.2) is 104 Å². The summed E-state index contributed by atoms with van der Waals surface area (Å²) in [6, 6.07) is 24.9. The normalized spacial score (nSPS) is 22.1. The second kappa shape index (κ2) is 14.5. The summed E-state index contributed by atoms with van der Waals surface area (Å²) in [6.07, 6.45) is -2.44. The van der Waals surface area contributed by atoms with E-state index in [0.29, 0.717) is 12.2 Å². The van der Waals surface area contributed by atoms with Gasteiger partial charge in [-0.3, -0.25) is 0 Å². The quantitative estimate of drug-likeness (QED) is 0.154. The van der Waals surface area contributed by atoms with Crippen LogP contribution in [-0.2, 0) is 18.9 Å². The Morgan fingerprint density at radius 2 is 1.15 bits per heavy atom. The highest BCUT2D eigenvalue weighted by Gasteiger charge is 2.52. The van der Waals surface area contributed by atoms with Crippen LogP contribution in [0.4, 0.5) is 0 Å². The molecule has 0 aliphatic carbocycles. The molecular weight excluding hydrogens is 532 g/mol. The van der Waals surface area contributed by atoms with Crippen molar-refractivity contribution in [1.82, 2.24) is 0 Å². The fourth-order valence-corrected chi connectivity index (χ4v) is 5.28. The lowest BCUT2D eigenvalue weighted by Gasteiger charge is -2.44. The molecular formula is C31H30O8S. The second-order valence-corrected chi connectivity index (χ2v) is 10.1. The number of aliphatic hydroxyl groups is 1. The molecule has 3 aromatic carbocycles. The molecule has 1 aliphatic rings. The zero-order valence-electron chi connectivity index (χ0n) is 21.7. The molecule has 0 saturated carbocycles. The molecule has 208 valence electrons. The van der Waals surface area contributed by atoms with Gasteiger partial charge in [-0.2, -0.15) is 0 Å². The van der Waals surface area contributed by atoms with Crippen molar-refractivity contribution in [3.05, 3.63) is 120 Å². The van der Waals surface area contributed by atoms with E-state index in [2.05, 4.69) is 6.58 Å². The van der Waals surface area contributed by atoms with Crippen molar-refractivity contribution >= 4 is 29.7 Å². The molecule has 9 heteroatoms. The van der Waals surface area contributed by atoms with Crippen molar-refractivity contribution < 1.29 is 38.4 Å². The zero-order valence-corrected chi connectivity index (χ0v) is 22.5. The fraction of sp³-hybridized carbons (Fsp3) is 0.258. The van der Waals surface area contributed by atoms with Crippen LogP contribution >= 0.6 is 11.8 Å². The number of aliphatic hydroxyl groups excluding tert-OH is 1. The largest absolute Gasteiger partial charge is 0.452 e. The Labute approximate surface area is 236 Å². The van der Waals surface area contributed by atoms with E-state index in [1.54, 1.807) is 97.1 Å². The van der Waals surface area contributed by atoms with Crippen molar-refractivity contribution in [3.63, 3.8) is 0 Å². The lowest BCUT2D eigenvalue weighted by Crippen LogP contribution is -2.61. The van der Waals surface area contributed by atoms with E-state index in [4.69, 9.17) is 18.9 Å². The third kappa shape index (κ3) is 7.38. The molecule has 40 heavy (non-hydrogen) atoms. The van der Waals surface area contributed by atoms with Crippen LogP contribution < -0.4 is 0 Å². The maximum absolute atomic E-state index is 13.3. The average Bonchev–Trinajstić information content (AvgIpc) is 3.00. The Bertz CT molecular complexity index is 1270. The predicted molar refractivity (Wildman–Crippen MR) is 150 cm³/mol. The molecule has 1 heterocycles. The summed E-state index contributed by atoms with van der Waals surface area (Å²) in [5, 5.41) is 10.3. The standard InChI is InChI=1S/C31H30O8S/c1-2-3-19-40-31-27(39-30(35)23-17-11-6-12-18-23)26(38-29(34)22-15-9-5-10-16-22)25(24(20-32)36-31)37-28(33)21-13-7-4-8-14-21/h2,4-18,24-27,31-32H,1,3,19-20H2. The van der Waals surface area contributed by atoms with E-state index in [1.807, 2.05) is 0 Å². The zero-order chi connectivity index (χ0) is 28.3. The van der Waals surface area contributed by atoms with Gasteiger partial charge in [0.2, 0.25) is 0 Å². The first kappa shape index (κ1) is 29.1. The lowest BCUT2D eigenvalue weighted by molar-refractivity contribution is -0.207.